The van der Waals surface area contributed by atoms with Crippen LogP contribution in [0.1, 0.15) is 65.7 Å². The van der Waals surface area contributed by atoms with Gasteiger partial charge in [-0.25, -0.2) is 9.18 Å². The van der Waals surface area contributed by atoms with E-state index in [2.05, 4.69) is 47.6 Å². The van der Waals surface area contributed by atoms with E-state index in [1.54, 1.807) is 36.4 Å². The molecule has 406 valence electrons. The molecule has 76 heavy (non-hydrogen) atoms. The van der Waals surface area contributed by atoms with Crippen molar-refractivity contribution in [1.29, 1.82) is 0 Å². The summed E-state index contributed by atoms with van der Waals surface area (Å²) in [6.45, 7) is 12.2. The third-order valence-corrected chi connectivity index (χ3v) is 14.2. The molecule has 1 aromatic heterocycles. The van der Waals surface area contributed by atoms with Gasteiger partial charge in [-0.2, -0.15) is 23.1 Å². The Kier molecular flexibility index (Phi) is 18.2. The maximum absolute atomic E-state index is 16.8. The van der Waals surface area contributed by atoms with Gasteiger partial charge < -0.3 is 45.2 Å². The minimum absolute atomic E-state index is 0.0188. The van der Waals surface area contributed by atoms with Crippen LogP contribution in [0.2, 0.25) is 5.02 Å². The van der Waals surface area contributed by atoms with E-state index in [1.807, 2.05) is 24.3 Å². The predicted molar refractivity (Wildman–Crippen MR) is 278 cm³/mol. The van der Waals surface area contributed by atoms with Crippen LogP contribution in [-0.2, 0) is 14.4 Å². The summed E-state index contributed by atoms with van der Waals surface area (Å²) in [4.78, 5) is 78.9. The summed E-state index contributed by atoms with van der Waals surface area (Å²) in [5.41, 5.74) is 2.10. The van der Waals surface area contributed by atoms with Gasteiger partial charge in [0, 0.05) is 88.5 Å². The lowest BCUT2D eigenvalue weighted by molar-refractivity contribution is -0.192. The lowest BCUT2D eigenvalue weighted by Gasteiger charge is -2.34. The highest BCUT2D eigenvalue weighted by Crippen LogP contribution is 2.42. The van der Waals surface area contributed by atoms with Crippen LogP contribution < -0.4 is 25.6 Å². The quantitative estimate of drug-likeness (QED) is 0.0345. The molecule has 0 spiro atoms. The molecule has 3 saturated heterocycles. The number of imide groups is 2. The van der Waals surface area contributed by atoms with E-state index in [1.165, 1.54) is 0 Å². The van der Waals surface area contributed by atoms with Gasteiger partial charge in [0.1, 0.15) is 23.1 Å². The number of carbonyl (C=O) groups is 5. The highest BCUT2D eigenvalue weighted by Gasteiger charge is 2.45. The second-order valence-corrected chi connectivity index (χ2v) is 19.7. The van der Waals surface area contributed by atoms with Crippen molar-refractivity contribution in [3.05, 3.63) is 82.6 Å². The van der Waals surface area contributed by atoms with E-state index in [0.29, 0.717) is 36.5 Å². The fourth-order valence-corrected chi connectivity index (χ4v) is 10.2. The number of anilines is 2. The summed E-state index contributed by atoms with van der Waals surface area (Å²) >= 11 is 6.87. The van der Waals surface area contributed by atoms with Gasteiger partial charge in [0.2, 0.25) is 11.8 Å². The molecule has 0 radical (unpaired) electrons. The molecule has 3 fully saturated rings. The lowest BCUT2D eigenvalue weighted by Crippen LogP contribution is -2.54. The van der Waals surface area contributed by atoms with Crippen molar-refractivity contribution in [1.82, 2.24) is 40.2 Å². The number of carboxylic acids is 1. The summed E-state index contributed by atoms with van der Waals surface area (Å²) in [7, 11) is 2.13. The third-order valence-electron chi connectivity index (χ3n) is 13.9. The molecule has 5 heterocycles. The second-order valence-electron chi connectivity index (χ2n) is 19.3. The molecule has 4 aromatic carbocycles. The fourth-order valence-electron chi connectivity index (χ4n) is 9.93. The Labute approximate surface area is 441 Å². The number of aliphatic carboxylic acids is 1. The summed E-state index contributed by atoms with van der Waals surface area (Å²) in [5.74, 6) is -4.74. The van der Waals surface area contributed by atoms with Crippen LogP contribution in [0.4, 0.5) is 29.1 Å². The number of carboxylic acid groups (broad SMARTS) is 1. The summed E-state index contributed by atoms with van der Waals surface area (Å²) < 4.78 is 54.7. The zero-order chi connectivity index (χ0) is 54.1. The first-order chi connectivity index (χ1) is 36.5. The van der Waals surface area contributed by atoms with Crippen molar-refractivity contribution < 1.29 is 56.5 Å². The number of nitrogens with one attached hydrogen (secondary N) is 3. The van der Waals surface area contributed by atoms with Gasteiger partial charge in [0.05, 0.1) is 22.8 Å². The van der Waals surface area contributed by atoms with Gasteiger partial charge >= 0.3 is 18.2 Å². The van der Waals surface area contributed by atoms with Crippen molar-refractivity contribution >= 4 is 74.4 Å². The molecule has 9 rings (SSSR count). The van der Waals surface area contributed by atoms with Crippen LogP contribution in [0.15, 0.2) is 60.7 Å². The Morgan fingerprint density at radius 3 is 2.21 bits per heavy atom. The Hall–Kier alpha value is -6.72. The topological polar surface area (TPSA) is 213 Å². The number of aromatic nitrogens is 2. The van der Waals surface area contributed by atoms with Crippen molar-refractivity contribution in [2.45, 2.75) is 57.2 Å². The SMILES string of the molecule is CN(CCCCN1CCN(CCCCNc2ccc3c(c2)C(=O)N(C2CCC(=O)NC2=O)C3=O)CC1)CCCOc1nc(N2CCNCC2)c2cc(Cl)c(-c3cc(O)cc4ccccc34)c(F)c2n1.O=C(O)C(F)(F)F. The molecule has 18 nitrogen and oxygen atoms in total. The monoisotopic (exact) mass is 1080 g/mol. The van der Waals surface area contributed by atoms with Crippen LogP contribution in [-0.4, -0.2) is 180 Å². The van der Waals surface area contributed by atoms with Gasteiger partial charge in [0.25, 0.3) is 11.8 Å². The highest BCUT2D eigenvalue weighted by molar-refractivity contribution is 6.35. The van der Waals surface area contributed by atoms with Gasteiger partial charge in [-0.15, -0.1) is 0 Å². The first-order valence-electron chi connectivity index (χ1n) is 25.5. The number of phenols is 1. The van der Waals surface area contributed by atoms with E-state index < -0.39 is 47.6 Å². The van der Waals surface area contributed by atoms with Crippen LogP contribution in [0.25, 0.3) is 32.8 Å². The molecule has 4 aliphatic rings. The van der Waals surface area contributed by atoms with E-state index in [4.69, 9.17) is 31.2 Å². The number of piperidine rings is 1. The molecular weight excluding hydrogens is 1020 g/mol. The number of fused-ring (bicyclic) bond motifs is 3. The molecule has 0 aliphatic carbocycles. The minimum atomic E-state index is -5.08. The van der Waals surface area contributed by atoms with Crippen molar-refractivity contribution in [3.63, 3.8) is 0 Å². The largest absolute Gasteiger partial charge is 0.508 e. The molecule has 5 aromatic rings. The second kappa shape index (κ2) is 25.0. The molecule has 23 heteroatoms. The van der Waals surface area contributed by atoms with Crippen molar-refractivity contribution in [2.24, 2.45) is 0 Å². The average Bonchev–Trinajstić information content (AvgIpc) is 3.66. The van der Waals surface area contributed by atoms with Crippen LogP contribution >= 0.6 is 11.6 Å². The smallest absolute Gasteiger partial charge is 0.490 e. The number of halogens is 5. The molecule has 5 N–H and O–H groups in total. The zero-order valence-electron chi connectivity index (χ0n) is 42.1. The van der Waals surface area contributed by atoms with Crippen molar-refractivity contribution in [2.75, 3.05) is 109 Å². The highest BCUT2D eigenvalue weighted by atomic mass is 35.5. The maximum Gasteiger partial charge on any atom is 0.490 e. The van der Waals surface area contributed by atoms with E-state index in [0.717, 1.165) is 125 Å². The number of piperazine rings is 2. The number of carbonyl (C=O) groups excluding carboxylic acids is 4. The summed E-state index contributed by atoms with van der Waals surface area (Å²) in [6.07, 6.45) is 0.110. The number of nitrogens with zero attached hydrogens (tertiary/aromatic N) is 7. The Morgan fingerprint density at radius 1 is 0.842 bits per heavy atom. The Balaban J connectivity index is 0.00000102. The lowest BCUT2D eigenvalue weighted by atomic mass is 9.96. The number of aromatic hydroxyl groups is 1. The number of hydrogen-bond donors (Lipinski definition) is 5. The number of phenolic OH excluding ortho intramolecular Hbond substituents is 1. The van der Waals surface area contributed by atoms with Gasteiger partial charge in [-0.1, -0.05) is 35.9 Å². The van der Waals surface area contributed by atoms with Crippen LogP contribution in [0.3, 0.4) is 0 Å². The van der Waals surface area contributed by atoms with Gasteiger partial charge in [0.15, 0.2) is 5.82 Å². The number of hydrogen-bond acceptors (Lipinski definition) is 15. The first-order valence-corrected chi connectivity index (χ1v) is 25.9. The molecule has 0 bridgehead atoms. The normalized spacial score (nSPS) is 17.5. The third kappa shape index (κ3) is 13.4. The molecule has 0 saturated carbocycles. The van der Waals surface area contributed by atoms with Crippen LogP contribution in [0, 0.1) is 5.82 Å². The summed E-state index contributed by atoms with van der Waals surface area (Å²) in [6, 6.07) is 16.7. The first kappa shape index (κ1) is 55.5. The van der Waals surface area contributed by atoms with E-state index in [9.17, 15) is 37.5 Å². The number of alkyl halides is 3. The van der Waals surface area contributed by atoms with Gasteiger partial charge in [-0.3, -0.25) is 29.4 Å². The van der Waals surface area contributed by atoms with E-state index >= 15 is 4.39 Å². The number of amides is 4. The molecule has 1 atom stereocenters. The summed E-state index contributed by atoms with van der Waals surface area (Å²) in [5, 5.41) is 28.9. The molecular formula is C53H61ClF4N10O8. The Morgan fingerprint density at radius 2 is 1.51 bits per heavy atom. The fraction of sp³-hybridized carbons (Fsp3) is 0.453. The van der Waals surface area contributed by atoms with Crippen LogP contribution in [0.5, 0.6) is 11.8 Å². The van der Waals surface area contributed by atoms with Crippen molar-refractivity contribution in [3.8, 4) is 22.9 Å². The molecule has 1 unspecified atom stereocenters. The number of rotatable bonds is 19. The van der Waals surface area contributed by atoms with Gasteiger partial charge in [-0.05, 0) is 118 Å². The zero-order valence-corrected chi connectivity index (χ0v) is 42.8. The number of unbranched alkanes of at least 4 members (excludes halogenated alkanes) is 2. The van der Waals surface area contributed by atoms with E-state index in [-0.39, 0.29) is 51.8 Å². The standard InChI is InChI=1S/C51H60ClFN10O6.C2HF3O2/c1-59(18-6-7-21-61-26-24-60(25-27-61)20-5-4-15-55-34-11-12-37-39(30-34)50(68)63(49(37)67)42-13-14-43(65)56-48(42)66)19-8-28-69-51-57-46-40(47(58-51)62-22-16-54-17-23-62)32-41(52)44(45(46)53)38-31-35(64)29-33-9-2-3-10-36(33)38;3-2(4,5)1(6)7/h2-3,9-12,29-32,42,54-55,64H,4-8,13-28H2,1H3,(H,56,65,66);(H,6,7). The molecule has 4 amide bonds. The number of ether oxygens (including phenoxy) is 1. The minimum Gasteiger partial charge on any atom is -0.508 e. The number of benzene rings is 4. The Bertz CT molecular complexity index is 2960. The predicted octanol–water partition coefficient (Wildman–Crippen LogP) is 6.38. The average molecular weight is 1080 g/mol. The maximum atomic E-state index is 16.8. The molecule has 4 aliphatic heterocycles.